The normalized spacial score (nSPS) is 14.8. The van der Waals surface area contributed by atoms with Crippen molar-refractivity contribution in [3.05, 3.63) is 30.3 Å². The number of rotatable bonds is 3. The van der Waals surface area contributed by atoms with Gasteiger partial charge in [-0.2, -0.15) is 0 Å². The van der Waals surface area contributed by atoms with Crippen molar-refractivity contribution in [2.75, 3.05) is 5.75 Å². The zero-order valence-corrected chi connectivity index (χ0v) is 7.58. The molecule has 0 spiro atoms. The summed E-state index contributed by atoms with van der Waals surface area (Å²) in [6.07, 6.45) is 0. The molecule has 0 saturated heterocycles. The highest BCUT2D eigenvalue weighted by molar-refractivity contribution is 7.93. The van der Waals surface area contributed by atoms with Gasteiger partial charge in [0.15, 0.2) is 0 Å². The maximum absolute atomic E-state index is 11.5. The lowest BCUT2D eigenvalue weighted by Gasteiger charge is -2.02. The van der Waals surface area contributed by atoms with Gasteiger partial charge in [0.1, 0.15) is 5.75 Å². The molecular weight excluding hydrogens is 190 g/mol. The molecule has 13 heavy (non-hydrogen) atoms. The van der Waals surface area contributed by atoms with Gasteiger partial charge in [-0.25, -0.2) is 8.99 Å². The van der Waals surface area contributed by atoms with E-state index >= 15 is 0 Å². The van der Waals surface area contributed by atoms with Gasteiger partial charge in [0, 0.05) is 4.90 Å². The topological polar surface area (TPSA) is 78.2 Å². The van der Waals surface area contributed by atoms with E-state index in [0.717, 1.165) is 0 Å². The third-order valence-corrected chi connectivity index (χ3v) is 3.14. The van der Waals surface area contributed by atoms with Crippen molar-refractivity contribution >= 4 is 15.7 Å². The van der Waals surface area contributed by atoms with Gasteiger partial charge in [-0.3, -0.25) is 4.79 Å². The van der Waals surface area contributed by atoms with Crippen LogP contribution in [0.1, 0.15) is 0 Å². The minimum atomic E-state index is -3.16. The third kappa shape index (κ3) is 2.55. The summed E-state index contributed by atoms with van der Waals surface area (Å²) in [5.74, 6) is -1.86. The Kier molecular flexibility index (Phi) is 2.67. The third-order valence-electron chi connectivity index (χ3n) is 1.45. The molecule has 1 aromatic carbocycles. The maximum atomic E-state index is 11.5. The van der Waals surface area contributed by atoms with Gasteiger partial charge < -0.3 is 5.11 Å². The molecule has 0 fully saturated rings. The van der Waals surface area contributed by atoms with Crippen molar-refractivity contribution < 1.29 is 14.1 Å². The summed E-state index contributed by atoms with van der Waals surface area (Å²) in [5, 5.41) is 8.41. The van der Waals surface area contributed by atoms with Crippen LogP contribution in [0.25, 0.3) is 0 Å². The van der Waals surface area contributed by atoms with Crippen LogP contribution in [0.4, 0.5) is 0 Å². The Morgan fingerprint density at radius 2 is 1.92 bits per heavy atom. The van der Waals surface area contributed by atoms with E-state index in [1.807, 2.05) is 0 Å². The van der Waals surface area contributed by atoms with Crippen molar-refractivity contribution in [1.29, 1.82) is 4.78 Å². The van der Waals surface area contributed by atoms with E-state index in [1.54, 1.807) is 18.2 Å². The summed E-state index contributed by atoms with van der Waals surface area (Å²) < 4.78 is 18.8. The molecule has 70 valence electrons. The lowest BCUT2D eigenvalue weighted by atomic mass is 10.4. The van der Waals surface area contributed by atoms with Crippen molar-refractivity contribution in [2.45, 2.75) is 4.90 Å². The SMILES string of the molecule is N=[S@](=O)(CC(=O)O)c1ccccc1. The second-order valence-electron chi connectivity index (χ2n) is 2.53. The standard InChI is InChI=1S/C8H9NO3S/c9-13(12,6-8(10)11)7-4-2-1-3-5-7/h1-5,9H,6H2,(H,10,11)/t13-/m0/s1. The Morgan fingerprint density at radius 3 is 2.38 bits per heavy atom. The van der Waals surface area contributed by atoms with Gasteiger partial charge >= 0.3 is 5.97 Å². The fraction of sp³-hybridized carbons (Fsp3) is 0.125. The smallest absolute Gasteiger partial charge is 0.317 e. The molecular formula is C8H9NO3S. The Hall–Kier alpha value is -1.36. The molecule has 0 aliphatic heterocycles. The summed E-state index contributed by atoms with van der Waals surface area (Å²) in [6.45, 7) is 0. The van der Waals surface area contributed by atoms with Crippen LogP contribution in [-0.4, -0.2) is 21.0 Å². The zero-order chi connectivity index (χ0) is 9.90. The Morgan fingerprint density at radius 1 is 1.38 bits per heavy atom. The van der Waals surface area contributed by atoms with E-state index in [4.69, 9.17) is 9.89 Å². The first-order chi connectivity index (χ1) is 6.02. The Balaban J connectivity index is 3.02. The van der Waals surface area contributed by atoms with Crippen molar-refractivity contribution in [1.82, 2.24) is 0 Å². The van der Waals surface area contributed by atoms with E-state index in [-0.39, 0.29) is 4.90 Å². The second-order valence-corrected chi connectivity index (χ2v) is 4.64. The number of carbonyl (C=O) groups is 1. The Labute approximate surface area is 76.2 Å². The number of hydrogen-bond acceptors (Lipinski definition) is 3. The van der Waals surface area contributed by atoms with E-state index in [9.17, 15) is 9.00 Å². The Bertz CT molecular complexity index is 397. The number of benzene rings is 1. The zero-order valence-electron chi connectivity index (χ0n) is 6.77. The first kappa shape index (κ1) is 9.73. The van der Waals surface area contributed by atoms with E-state index in [2.05, 4.69) is 0 Å². The second kappa shape index (κ2) is 3.57. The van der Waals surface area contributed by atoms with Crippen molar-refractivity contribution in [3.8, 4) is 0 Å². The number of nitrogens with one attached hydrogen (secondary N) is 1. The fourth-order valence-electron chi connectivity index (χ4n) is 0.898. The van der Waals surface area contributed by atoms with Crippen molar-refractivity contribution in [2.24, 2.45) is 0 Å². The lowest BCUT2D eigenvalue weighted by molar-refractivity contribution is -0.134. The summed E-state index contributed by atoms with van der Waals surface area (Å²) >= 11 is 0. The van der Waals surface area contributed by atoms with E-state index in [0.29, 0.717) is 0 Å². The minimum Gasteiger partial charge on any atom is -0.481 e. The summed E-state index contributed by atoms with van der Waals surface area (Å²) in [4.78, 5) is 10.6. The van der Waals surface area contributed by atoms with Gasteiger partial charge in [-0.1, -0.05) is 18.2 Å². The van der Waals surface area contributed by atoms with Crippen LogP contribution in [0.2, 0.25) is 0 Å². The molecule has 0 aliphatic carbocycles. The van der Waals surface area contributed by atoms with Crippen LogP contribution in [-0.2, 0) is 14.5 Å². The number of hydrogen-bond donors (Lipinski definition) is 2. The lowest BCUT2D eigenvalue weighted by Crippen LogP contribution is -2.13. The molecule has 5 heteroatoms. The molecule has 4 nitrogen and oxygen atoms in total. The predicted octanol–water partition coefficient (Wildman–Crippen LogP) is 1.18. The quantitative estimate of drug-likeness (QED) is 0.767. The molecule has 0 aliphatic rings. The summed E-state index contributed by atoms with van der Waals surface area (Å²) in [6, 6.07) is 7.98. The van der Waals surface area contributed by atoms with Gasteiger partial charge in [-0.15, -0.1) is 0 Å². The van der Waals surface area contributed by atoms with E-state index in [1.165, 1.54) is 12.1 Å². The number of carboxylic acid groups (broad SMARTS) is 1. The van der Waals surface area contributed by atoms with Gasteiger partial charge in [0.2, 0.25) is 0 Å². The molecule has 0 heterocycles. The highest BCUT2D eigenvalue weighted by Gasteiger charge is 2.13. The molecule has 0 unspecified atom stereocenters. The average Bonchev–Trinajstić information content (AvgIpc) is 2.04. The number of carboxylic acids is 1. The average molecular weight is 199 g/mol. The summed E-state index contributed by atoms with van der Waals surface area (Å²) in [7, 11) is -3.16. The molecule has 0 aromatic heterocycles. The molecule has 0 saturated carbocycles. The fourth-order valence-corrected chi connectivity index (χ4v) is 2.01. The predicted molar refractivity (Wildman–Crippen MR) is 48.1 cm³/mol. The van der Waals surface area contributed by atoms with Gasteiger partial charge in [-0.05, 0) is 12.1 Å². The molecule has 1 atom stereocenters. The van der Waals surface area contributed by atoms with Crippen LogP contribution in [0, 0.1) is 4.78 Å². The largest absolute Gasteiger partial charge is 0.481 e. The maximum Gasteiger partial charge on any atom is 0.317 e. The van der Waals surface area contributed by atoms with Crippen LogP contribution in [0.5, 0.6) is 0 Å². The first-order valence-electron chi connectivity index (χ1n) is 3.56. The molecule has 1 rings (SSSR count). The number of aliphatic carboxylic acids is 1. The molecule has 0 bridgehead atoms. The van der Waals surface area contributed by atoms with Crippen molar-refractivity contribution in [3.63, 3.8) is 0 Å². The monoisotopic (exact) mass is 199 g/mol. The molecule has 1 aromatic rings. The summed E-state index contributed by atoms with van der Waals surface area (Å²) in [5.41, 5.74) is 0. The van der Waals surface area contributed by atoms with Gasteiger partial charge in [0.05, 0.1) is 9.73 Å². The van der Waals surface area contributed by atoms with Crippen LogP contribution in [0.3, 0.4) is 0 Å². The molecule has 0 radical (unpaired) electrons. The van der Waals surface area contributed by atoms with Crippen LogP contribution < -0.4 is 0 Å². The van der Waals surface area contributed by atoms with Crippen LogP contribution >= 0.6 is 0 Å². The van der Waals surface area contributed by atoms with E-state index < -0.39 is 21.5 Å². The molecule has 0 amide bonds. The highest BCUT2D eigenvalue weighted by Crippen LogP contribution is 2.10. The van der Waals surface area contributed by atoms with Crippen LogP contribution in [0.15, 0.2) is 35.2 Å². The first-order valence-corrected chi connectivity index (χ1v) is 5.28. The molecule has 2 N–H and O–H groups in total. The minimum absolute atomic E-state index is 0.261. The van der Waals surface area contributed by atoms with Gasteiger partial charge in [0.25, 0.3) is 0 Å². The highest BCUT2D eigenvalue weighted by atomic mass is 32.2.